The summed E-state index contributed by atoms with van der Waals surface area (Å²) in [6.07, 6.45) is 0. The predicted molar refractivity (Wildman–Crippen MR) is 50.0 cm³/mol. The highest BCUT2D eigenvalue weighted by atomic mass is 16.5. The molecule has 0 aliphatic heterocycles. The summed E-state index contributed by atoms with van der Waals surface area (Å²) >= 11 is 0. The van der Waals surface area contributed by atoms with Gasteiger partial charge in [-0.05, 0) is 12.1 Å². The Morgan fingerprint density at radius 2 is 2.23 bits per heavy atom. The highest BCUT2D eigenvalue weighted by molar-refractivity contribution is 5.60. The van der Waals surface area contributed by atoms with Crippen molar-refractivity contribution in [2.45, 2.75) is 6.54 Å². The van der Waals surface area contributed by atoms with Crippen LogP contribution in [0.4, 0.5) is 5.69 Å². The van der Waals surface area contributed by atoms with Crippen LogP contribution in [0.2, 0.25) is 0 Å². The van der Waals surface area contributed by atoms with Gasteiger partial charge in [0.05, 0.1) is 24.4 Å². The molecule has 0 spiro atoms. The van der Waals surface area contributed by atoms with Crippen molar-refractivity contribution >= 4 is 5.69 Å². The summed E-state index contributed by atoms with van der Waals surface area (Å²) in [5, 5.41) is 8.66. The fourth-order valence-corrected chi connectivity index (χ4v) is 1.18. The van der Waals surface area contributed by atoms with Crippen LogP contribution in [-0.4, -0.2) is 7.11 Å². The average molecular weight is 177 g/mol. The molecule has 1 rings (SSSR count). The molecule has 4 nitrogen and oxygen atoms in total. The van der Waals surface area contributed by atoms with Crippen LogP contribution in [0.5, 0.6) is 5.75 Å². The first-order chi connectivity index (χ1) is 6.22. The van der Waals surface area contributed by atoms with Crippen LogP contribution in [0, 0.1) is 11.3 Å². The van der Waals surface area contributed by atoms with Crippen LogP contribution in [0.25, 0.3) is 0 Å². The lowest BCUT2D eigenvalue weighted by molar-refractivity contribution is 0.412. The van der Waals surface area contributed by atoms with Gasteiger partial charge in [-0.1, -0.05) is 0 Å². The number of nitrogen functional groups attached to an aromatic ring is 1. The SMILES string of the molecule is COc1c(N)cc(C#N)cc1CN. The Hall–Kier alpha value is -1.73. The summed E-state index contributed by atoms with van der Waals surface area (Å²) in [5.41, 5.74) is 12.8. The van der Waals surface area contributed by atoms with Crippen molar-refractivity contribution < 1.29 is 4.74 Å². The fraction of sp³-hybridized carbons (Fsp3) is 0.222. The lowest BCUT2D eigenvalue weighted by Gasteiger charge is -2.09. The number of hydrogen-bond donors (Lipinski definition) is 2. The Labute approximate surface area is 76.7 Å². The minimum atomic E-state index is 0.308. The second-order valence-electron chi connectivity index (χ2n) is 2.57. The van der Waals surface area contributed by atoms with E-state index in [1.165, 1.54) is 7.11 Å². The summed E-state index contributed by atoms with van der Waals surface area (Å²) in [5.74, 6) is 0.557. The standard InChI is InChI=1S/C9H11N3O/c1-13-9-7(5-11)2-6(4-10)3-8(9)12/h2-3H,5,11-12H2,1H3. The minimum Gasteiger partial charge on any atom is -0.494 e. The Morgan fingerprint density at radius 3 is 2.69 bits per heavy atom. The predicted octanol–water partition coefficient (Wildman–Crippen LogP) is 0.608. The zero-order valence-corrected chi connectivity index (χ0v) is 7.37. The maximum atomic E-state index is 8.66. The number of ether oxygens (including phenoxy) is 1. The Balaban J connectivity index is 3.31. The van der Waals surface area contributed by atoms with Gasteiger partial charge in [-0.2, -0.15) is 5.26 Å². The monoisotopic (exact) mass is 177 g/mol. The molecule has 0 atom stereocenters. The number of nitrogens with zero attached hydrogens (tertiary/aromatic N) is 1. The molecule has 0 fully saturated rings. The minimum absolute atomic E-state index is 0.308. The van der Waals surface area contributed by atoms with Gasteiger partial charge in [-0.15, -0.1) is 0 Å². The Morgan fingerprint density at radius 1 is 1.54 bits per heavy atom. The third-order valence-corrected chi connectivity index (χ3v) is 1.75. The van der Waals surface area contributed by atoms with Gasteiger partial charge in [0, 0.05) is 12.1 Å². The molecule has 0 unspecified atom stereocenters. The molecule has 68 valence electrons. The van der Waals surface area contributed by atoms with Crippen LogP contribution in [0.15, 0.2) is 12.1 Å². The van der Waals surface area contributed by atoms with E-state index in [2.05, 4.69) is 0 Å². The van der Waals surface area contributed by atoms with E-state index in [0.717, 1.165) is 5.56 Å². The molecule has 0 aliphatic carbocycles. The van der Waals surface area contributed by atoms with Crippen LogP contribution < -0.4 is 16.2 Å². The van der Waals surface area contributed by atoms with E-state index in [1.807, 2.05) is 6.07 Å². The maximum Gasteiger partial charge on any atom is 0.146 e. The molecule has 0 aliphatic rings. The molecule has 0 heterocycles. The van der Waals surface area contributed by atoms with Crippen molar-refractivity contribution in [2.75, 3.05) is 12.8 Å². The Kier molecular flexibility index (Phi) is 2.72. The summed E-state index contributed by atoms with van der Waals surface area (Å²) in [6, 6.07) is 5.25. The fourth-order valence-electron chi connectivity index (χ4n) is 1.18. The average Bonchev–Trinajstić information content (AvgIpc) is 2.16. The number of benzene rings is 1. The highest BCUT2D eigenvalue weighted by Crippen LogP contribution is 2.27. The van der Waals surface area contributed by atoms with E-state index in [0.29, 0.717) is 23.5 Å². The van der Waals surface area contributed by atoms with Crippen molar-refractivity contribution in [3.63, 3.8) is 0 Å². The van der Waals surface area contributed by atoms with Crippen molar-refractivity contribution in [3.8, 4) is 11.8 Å². The van der Waals surface area contributed by atoms with Crippen LogP contribution in [-0.2, 0) is 6.54 Å². The molecular weight excluding hydrogens is 166 g/mol. The van der Waals surface area contributed by atoms with E-state index in [1.54, 1.807) is 12.1 Å². The molecule has 0 saturated carbocycles. The van der Waals surface area contributed by atoms with Crippen molar-refractivity contribution in [1.82, 2.24) is 0 Å². The molecular formula is C9H11N3O. The van der Waals surface area contributed by atoms with E-state index < -0.39 is 0 Å². The normalized spacial score (nSPS) is 9.31. The van der Waals surface area contributed by atoms with Gasteiger partial charge in [0.15, 0.2) is 0 Å². The molecule has 0 aromatic heterocycles. The third kappa shape index (κ3) is 1.71. The first kappa shape index (κ1) is 9.36. The molecule has 0 amide bonds. The topological polar surface area (TPSA) is 85.1 Å². The number of rotatable bonds is 2. The second-order valence-corrected chi connectivity index (χ2v) is 2.57. The first-order valence-electron chi connectivity index (χ1n) is 3.79. The van der Waals surface area contributed by atoms with E-state index in [-0.39, 0.29) is 0 Å². The zero-order valence-electron chi connectivity index (χ0n) is 7.37. The number of anilines is 1. The lowest BCUT2D eigenvalue weighted by Crippen LogP contribution is -2.03. The highest BCUT2D eigenvalue weighted by Gasteiger charge is 2.07. The van der Waals surface area contributed by atoms with Crippen molar-refractivity contribution in [1.29, 1.82) is 5.26 Å². The first-order valence-corrected chi connectivity index (χ1v) is 3.79. The van der Waals surface area contributed by atoms with Gasteiger partial charge < -0.3 is 16.2 Å². The van der Waals surface area contributed by atoms with Gasteiger partial charge in [0.1, 0.15) is 5.75 Å². The van der Waals surface area contributed by atoms with E-state index in [4.69, 9.17) is 21.5 Å². The lowest BCUT2D eigenvalue weighted by atomic mass is 10.1. The molecule has 0 saturated heterocycles. The Bertz CT molecular complexity index is 355. The molecule has 13 heavy (non-hydrogen) atoms. The molecule has 1 aromatic carbocycles. The molecule has 4 N–H and O–H groups in total. The number of methoxy groups -OCH3 is 1. The van der Waals surface area contributed by atoms with E-state index >= 15 is 0 Å². The number of nitrogens with two attached hydrogens (primary N) is 2. The molecule has 4 heteroatoms. The third-order valence-electron chi connectivity index (χ3n) is 1.75. The molecule has 0 bridgehead atoms. The van der Waals surface area contributed by atoms with Gasteiger partial charge in [-0.3, -0.25) is 0 Å². The quantitative estimate of drug-likeness (QED) is 0.648. The van der Waals surface area contributed by atoms with Gasteiger partial charge in [0.2, 0.25) is 0 Å². The number of hydrogen-bond acceptors (Lipinski definition) is 4. The summed E-state index contributed by atoms with van der Waals surface area (Å²) in [4.78, 5) is 0. The van der Waals surface area contributed by atoms with Crippen LogP contribution >= 0.6 is 0 Å². The number of nitriles is 1. The van der Waals surface area contributed by atoms with Crippen molar-refractivity contribution in [2.24, 2.45) is 5.73 Å². The van der Waals surface area contributed by atoms with Crippen LogP contribution in [0.3, 0.4) is 0 Å². The van der Waals surface area contributed by atoms with E-state index in [9.17, 15) is 0 Å². The van der Waals surface area contributed by atoms with Crippen LogP contribution in [0.1, 0.15) is 11.1 Å². The molecule has 1 aromatic rings. The van der Waals surface area contributed by atoms with Gasteiger partial charge >= 0.3 is 0 Å². The van der Waals surface area contributed by atoms with Gasteiger partial charge in [-0.25, -0.2) is 0 Å². The van der Waals surface area contributed by atoms with Crippen molar-refractivity contribution in [3.05, 3.63) is 23.3 Å². The zero-order chi connectivity index (χ0) is 9.84. The largest absolute Gasteiger partial charge is 0.494 e. The summed E-state index contributed by atoms with van der Waals surface area (Å²) < 4.78 is 5.05. The summed E-state index contributed by atoms with van der Waals surface area (Å²) in [7, 11) is 1.52. The molecule has 0 radical (unpaired) electrons. The summed E-state index contributed by atoms with van der Waals surface area (Å²) in [6.45, 7) is 0.308. The maximum absolute atomic E-state index is 8.66. The smallest absolute Gasteiger partial charge is 0.146 e. The second kappa shape index (κ2) is 3.78. The van der Waals surface area contributed by atoms with Gasteiger partial charge in [0.25, 0.3) is 0 Å².